The van der Waals surface area contributed by atoms with Crippen LogP contribution in [0.25, 0.3) is 11.7 Å². The average Bonchev–Trinajstić information content (AvgIpc) is 3.49. The molecule has 1 atom stereocenters. The molecule has 5 rings (SSSR count). The SMILES string of the molecule is N#Cc1nc(-c2ccco2)oc1N1CCC(C(=O)NC2CCSc3ccc(F)cc32)CC1. The summed E-state index contributed by atoms with van der Waals surface area (Å²) in [5, 5.41) is 12.6. The van der Waals surface area contributed by atoms with Crippen LogP contribution in [0, 0.1) is 23.1 Å². The number of nitriles is 1. The van der Waals surface area contributed by atoms with E-state index in [9.17, 15) is 14.4 Å². The molecule has 1 unspecified atom stereocenters. The van der Waals surface area contributed by atoms with Gasteiger partial charge in [0, 0.05) is 29.7 Å². The molecule has 0 radical (unpaired) electrons. The summed E-state index contributed by atoms with van der Waals surface area (Å²) in [7, 11) is 0. The molecule has 9 heteroatoms. The third-order valence-electron chi connectivity index (χ3n) is 5.93. The van der Waals surface area contributed by atoms with Crippen molar-refractivity contribution >= 4 is 23.6 Å². The van der Waals surface area contributed by atoms with Crippen molar-refractivity contribution in [2.45, 2.75) is 30.2 Å². The molecular formula is C23H21FN4O3S. The normalized spacial score (nSPS) is 18.8. The average molecular weight is 453 g/mol. The van der Waals surface area contributed by atoms with Gasteiger partial charge in [-0.15, -0.1) is 11.8 Å². The number of oxazole rings is 1. The molecule has 1 saturated heterocycles. The lowest BCUT2D eigenvalue weighted by Gasteiger charge is -2.33. The Kier molecular flexibility index (Phi) is 5.62. The number of halogens is 1. The maximum atomic E-state index is 13.7. The quantitative estimate of drug-likeness (QED) is 0.622. The van der Waals surface area contributed by atoms with Crippen LogP contribution in [0.15, 0.2) is 50.3 Å². The molecule has 1 N–H and O–H groups in total. The Bertz CT molecular complexity index is 1160. The summed E-state index contributed by atoms with van der Waals surface area (Å²) in [5.41, 5.74) is 1.07. The number of nitrogens with zero attached hydrogens (tertiary/aromatic N) is 3. The first-order valence-electron chi connectivity index (χ1n) is 10.5. The molecule has 0 spiro atoms. The van der Waals surface area contributed by atoms with Crippen molar-refractivity contribution in [3.63, 3.8) is 0 Å². The van der Waals surface area contributed by atoms with Gasteiger partial charge in [-0.2, -0.15) is 10.2 Å². The third kappa shape index (κ3) is 3.98. The monoisotopic (exact) mass is 452 g/mol. The van der Waals surface area contributed by atoms with E-state index in [0.29, 0.717) is 37.6 Å². The van der Waals surface area contributed by atoms with E-state index in [1.165, 1.54) is 18.4 Å². The van der Waals surface area contributed by atoms with Gasteiger partial charge < -0.3 is 19.1 Å². The molecule has 1 amide bonds. The van der Waals surface area contributed by atoms with Crippen LogP contribution < -0.4 is 10.2 Å². The highest BCUT2D eigenvalue weighted by atomic mass is 32.2. The van der Waals surface area contributed by atoms with Gasteiger partial charge in [0.2, 0.25) is 17.5 Å². The Balaban J connectivity index is 1.24. The van der Waals surface area contributed by atoms with E-state index >= 15 is 0 Å². The maximum Gasteiger partial charge on any atom is 0.266 e. The number of hydrogen-bond donors (Lipinski definition) is 1. The number of nitrogens with one attached hydrogen (secondary N) is 1. The molecule has 0 bridgehead atoms. The first kappa shape index (κ1) is 20.6. The first-order valence-corrected chi connectivity index (χ1v) is 11.5. The molecule has 3 aromatic rings. The van der Waals surface area contributed by atoms with Crippen molar-refractivity contribution in [2.24, 2.45) is 5.92 Å². The Morgan fingerprint density at radius 1 is 1.28 bits per heavy atom. The molecule has 2 aromatic heterocycles. The fraction of sp³-hybridized carbons (Fsp3) is 0.348. The minimum absolute atomic E-state index is 0.00823. The highest BCUT2D eigenvalue weighted by Gasteiger charge is 2.31. The number of benzene rings is 1. The van der Waals surface area contributed by atoms with E-state index in [4.69, 9.17) is 8.83 Å². The number of carbonyl (C=O) groups is 1. The summed E-state index contributed by atoms with van der Waals surface area (Å²) in [6.07, 6.45) is 3.56. The van der Waals surface area contributed by atoms with Gasteiger partial charge in [0.05, 0.1) is 12.3 Å². The van der Waals surface area contributed by atoms with Crippen LogP contribution in [-0.2, 0) is 4.79 Å². The van der Waals surface area contributed by atoms with Gasteiger partial charge in [-0.05, 0) is 55.2 Å². The van der Waals surface area contributed by atoms with Crippen LogP contribution in [0.5, 0.6) is 0 Å². The molecule has 32 heavy (non-hydrogen) atoms. The molecular weight excluding hydrogens is 431 g/mol. The number of fused-ring (bicyclic) bond motifs is 1. The number of amides is 1. The Morgan fingerprint density at radius 3 is 2.88 bits per heavy atom. The van der Waals surface area contributed by atoms with Crippen molar-refractivity contribution in [1.29, 1.82) is 5.26 Å². The van der Waals surface area contributed by atoms with Gasteiger partial charge in [-0.3, -0.25) is 4.79 Å². The number of carbonyl (C=O) groups excluding carboxylic acids is 1. The van der Waals surface area contributed by atoms with Crippen molar-refractivity contribution in [3.05, 3.63) is 53.7 Å². The van der Waals surface area contributed by atoms with E-state index in [2.05, 4.69) is 16.4 Å². The largest absolute Gasteiger partial charge is 0.459 e. The van der Waals surface area contributed by atoms with Crippen LogP contribution in [0.1, 0.15) is 36.6 Å². The Hall–Kier alpha value is -3.25. The van der Waals surface area contributed by atoms with Gasteiger partial charge in [0.1, 0.15) is 11.9 Å². The molecule has 0 saturated carbocycles. The van der Waals surface area contributed by atoms with Gasteiger partial charge >= 0.3 is 0 Å². The van der Waals surface area contributed by atoms with Crippen LogP contribution in [0.2, 0.25) is 0 Å². The second kappa shape index (κ2) is 8.71. The van der Waals surface area contributed by atoms with Crippen LogP contribution in [0.4, 0.5) is 10.3 Å². The molecule has 1 aromatic carbocycles. The predicted octanol–water partition coefficient (Wildman–Crippen LogP) is 4.52. The number of aromatic nitrogens is 1. The van der Waals surface area contributed by atoms with E-state index < -0.39 is 0 Å². The summed E-state index contributed by atoms with van der Waals surface area (Å²) >= 11 is 1.69. The highest BCUT2D eigenvalue weighted by Crippen LogP contribution is 2.37. The Morgan fingerprint density at radius 2 is 2.12 bits per heavy atom. The third-order valence-corrected chi connectivity index (χ3v) is 7.05. The smallest absolute Gasteiger partial charge is 0.266 e. The summed E-state index contributed by atoms with van der Waals surface area (Å²) in [6, 6.07) is 10.1. The lowest BCUT2D eigenvalue weighted by atomic mass is 9.94. The number of furan rings is 1. The predicted molar refractivity (Wildman–Crippen MR) is 116 cm³/mol. The lowest BCUT2D eigenvalue weighted by Crippen LogP contribution is -2.42. The molecule has 7 nitrogen and oxygen atoms in total. The minimum atomic E-state index is -0.284. The van der Waals surface area contributed by atoms with E-state index in [1.807, 2.05) is 4.90 Å². The molecule has 4 heterocycles. The molecule has 2 aliphatic heterocycles. The molecule has 1 fully saturated rings. The zero-order chi connectivity index (χ0) is 22.1. The van der Waals surface area contributed by atoms with Crippen LogP contribution >= 0.6 is 11.8 Å². The lowest BCUT2D eigenvalue weighted by molar-refractivity contribution is -0.126. The molecule has 2 aliphatic rings. The second-order valence-corrected chi connectivity index (χ2v) is 9.04. The van der Waals surface area contributed by atoms with Crippen molar-refractivity contribution in [2.75, 3.05) is 23.7 Å². The van der Waals surface area contributed by atoms with Crippen LogP contribution in [0.3, 0.4) is 0 Å². The topological polar surface area (TPSA) is 95.3 Å². The van der Waals surface area contributed by atoms with E-state index in [1.54, 1.807) is 30.0 Å². The fourth-order valence-corrected chi connectivity index (χ4v) is 5.36. The number of anilines is 1. The zero-order valence-electron chi connectivity index (χ0n) is 17.2. The zero-order valence-corrected chi connectivity index (χ0v) is 18.0. The van der Waals surface area contributed by atoms with Gasteiger partial charge in [-0.25, -0.2) is 4.39 Å². The standard InChI is InChI=1S/C23H21FN4O3S/c24-15-3-4-20-16(12-15)17(7-11-32-20)26-21(29)14-5-8-28(9-6-14)23-18(13-25)27-22(31-23)19-2-1-10-30-19/h1-4,10,12,14,17H,5-9,11H2,(H,26,29). The maximum absolute atomic E-state index is 13.7. The van der Waals surface area contributed by atoms with Crippen molar-refractivity contribution in [1.82, 2.24) is 10.3 Å². The van der Waals surface area contributed by atoms with E-state index in [0.717, 1.165) is 22.6 Å². The van der Waals surface area contributed by atoms with Gasteiger partial charge in [0.15, 0.2) is 5.76 Å². The van der Waals surface area contributed by atoms with Gasteiger partial charge in [0.25, 0.3) is 5.89 Å². The number of thioether (sulfide) groups is 1. The highest BCUT2D eigenvalue weighted by molar-refractivity contribution is 7.99. The van der Waals surface area contributed by atoms with Crippen LogP contribution in [-0.4, -0.2) is 29.7 Å². The van der Waals surface area contributed by atoms with Crippen molar-refractivity contribution < 1.29 is 18.0 Å². The Labute approximate surface area is 188 Å². The first-order chi connectivity index (χ1) is 15.6. The molecule has 0 aliphatic carbocycles. The summed E-state index contributed by atoms with van der Waals surface area (Å²) in [5.74, 6) is 1.59. The molecule has 164 valence electrons. The summed E-state index contributed by atoms with van der Waals surface area (Å²) < 4.78 is 24.9. The summed E-state index contributed by atoms with van der Waals surface area (Å²) in [4.78, 5) is 20.2. The second-order valence-electron chi connectivity index (χ2n) is 7.90. The van der Waals surface area contributed by atoms with E-state index in [-0.39, 0.29) is 35.3 Å². The van der Waals surface area contributed by atoms with Crippen molar-refractivity contribution in [3.8, 4) is 17.7 Å². The minimum Gasteiger partial charge on any atom is -0.459 e. The number of rotatable bonds is 4. The number of piperidine rings is 1. The number of hydrogen-bond acceptors (Lipinski definition) is 7. The van der Waals surface area contributed by atoms with Gasteiger partial charge in [-0.1, -0.05) is 0 Å². The fourth-order valence-electron chi connectivity index (χ4n) is 4.25. The summed E-state index contributed by atoms with van der Waals surface area (Å²) in [6.45, 7) is 1.15.